The van der Waals surface area contributed by atoms with Crippen molar-refractivity contribution in [1.29, 1.82) is 0 Å². The van der Waals surface area contributed by atoms with Crippen LogP contribution in [0.1, 0.15) is 38.8 Å². The molecule has 0 fully saturated rings. The van der Waals surface area contributed by atoms with Crippen LogP contribution in [-0.4, -0.2) is 22.3 Å². The molecule has 1 aliphatic heterocycles. The van der Waals surface area contributed by atoms with Crippen molar-refractivity contribution in [3.05, 3.63) is 53.1 Å². The molecule has 1 atom stereocenters. The van der Waals surface area contributed by atoms with Crippen LogP contribution in [0.3, 0.4) is 0 Å². The Balaban J connectivity index is 2.13. The highest BCUT2D eigenvalue weighted by molar-refractivity contribution is 6.05. The molecule has 2 N–H and O–H groups in total. The number of benzene rings is 2. The smallest absolute Gasteiger partial charge is 0.174 e. The number of Topliss-reactive ketones (excluding diaryl/α,β-unsaturated/α-hetero) is 1. The molecule has 3 rings (SSSR count). The topological polar surface area (TPSA) is 83.8 Å². The van der Waals surface area contributed by atoms with Gasteiger partial charge in [0, 0.05) is 6.07 Å². The Bertz CT molecular complexity index is 721. The lowest BCUT2D eigenvalue weighted by Crippen LogP contribution is -2.21. The van der Waals surface area contributed by atoms with Crippen molar-refractivity contribution in [3.8, 4) is 17.2 Å². The van der Waals surface area contributed by atoms with E-state index in [4.69, 9.17) is 4.74 Å². The summed E-state index contributed by atoms with van der Waals surface area (Å²) in [5.74, 6) is -1.19. The molecule has 0 saturated carbocycles. The average molecular weight is 284 g/mol. The molecular weight excluding hydrogens is 272 g/mol. The second-order valence-electron chi connectivity index (χ2n) is 4.79. The van der Waals surface area contributed by atoms with Gasteiger partial charge in [0.25, 0.3) is 0 Å². The van der Waals surface area contributed by atoms with Crippen molar-refractivity contribution < 1.29 is 24.5 Å². The molecule has 1 aliphatic rings. The maximum absolute atomic E-state index is 12.2. The minimum absolute atomic E-state index is 0.0536. The zero-order valence-electron chi connectivity index (χ0n) is 10.9. The van der Waals surface area contributed by atoms with Crippen LogP contribution in [0, 0.1) is 0 Å². The SMILES string of the molecule is O=Cc1c(O)cc(O)c2c1O[C@H](c1ccccc1)CC2=O. The van der Waals surface area contributed by atoms with Crippen molar-refractivity contribution >= 4 is 12.1 Å². The Hall–Kier alpha value is -2.82. The molecule has 1 heterocycles. The number of phenolic OH excluding ortho intramolecular Hbond substituents is 2. The molecule has 0 radical (unpaired) electrons. The Morgan fingerprint density at radius 2 is 1.86 bits per heavy atom. The van der Waals surface area contributed by atoms with Gasteiger partial charge in [0.05, 0.1) is 12.0 Å². The lowest BCUT2D eigenvalue weighted by molar-refractivity contribution is 0.0842. The van der Waals surface area contributed by atoms with Crippen LogP contribution < -0.4 is 4.74 Å². The van der Waals surface area contributed by atoms with Crippen LogP contribution in [0.25, 0.3) is 0 Å². The predicted octanol–water partition coefficient (Wildman–Crippen LogP) is 2.62. The molecule has 5 heteroatoms. The average Bonchev–Trinajstić information content (AvgIpc) is 2.47. The van der Waals surface area contributed by atoms with Crippen LogP contribution in [0.15, 0.2) is 36.4 Å². The van der Waals surface area contributed by atoms with E-state index in [2.05, 4.69) is 0 Å². The number of phenols is 2. The van der Waals surface area contributed by atoms with Gasteiger partial charge in [0.1, 0.15) is 28.9 Å². The van der Waals surface area contributed by atoms with Gasteiger partial charge in [-0.1, -0.05) is 30.3 Å². The van der Waals surface area contributed by atoms with Crippen molar-refractivity contribution in [2.45, 2.75) is 12.5 Å². The zero-order valence-corrected chi connectivity index (χ0v) is 10.9. The van der Waals surface area contributed by atoms with Crippen LogP contribution in [0.4, 0.5) is 0 Å². The van der Waals surface area contributed by atoms with Gasteiger partial charge in [-0.05, 0) is 5.56 Å². The molecule has 0 aliphatic carbocycles. The number of aldehydes is 1. The van der Waals surface area contributed by atoms with Crippen molar-refractivity contribution in [2.75, 3.05) is 0 Å². The van der Waals surface area contributed by atoms with E-state index in [9.17, 15) is 19.8 Å². The van der Waals surface area contributed by atoms with E-state index in [1.54, 1.807) is 0 Å². The number of ketones is 1. The standard InChI is InChI=1S/C16H12O5/c17-8-10-11(18)6-12(19)15-13(20)7-14(21-16(10)15)9-4-2-1-3-5-9/h1-6,8,14,18-19H,7H2/t14-/m0/s1. The van der Waals surface area contributed by atoms with Crippen LogP contribution in [0.2, 0.25) is 0 Å². The van der Waals surface area contributed by atoms with Crippen LogP contribution >= 0.6 is 0 Å². The van der Waals surface area contributed by atoms with Gasteiger partial charge >= 0.3 is 0 Å². The molecule has 5 nitrogen and oxygen atoms in total. The second kappa shape index (κ2) is 4.94. The third kappa shape index (κ3) is 2.12. The van der Waals surface area contributed by atoms with Crippen LogP contribution in [-0.2, 0) is 0 Å². The molecule has 0 bridgehead atoms. The molecule has 0 unspecified atom stereocenters. The van der Waals surface area contributed by atoms with Gasteiger partial charge in [-0.25, -0.2) is 0 Å². The normalized spacial score (nSPS) is 17.0. The first-order chi connectivity index (χ1) is 10.1. The maximum atomic E-state index is 12.2. The largest absolute Gasteiger partial charge is 0.507 e. The number of ether oxygens (including phenoxy) is 1. The lowest BCUT2D eigenvalue weighted by atomic mass is 9.93. The zero-order chi connectivity index (χ0) is 15.0. The van der Waals surface area contributed by atoms with Gasteiger partial charge in [-0.3, -0.25) is 9.59 Å². The number of rotatable bonds is 2. The number of carbonyl (C=O) groups is 2. The summed E-state index contributed by atoms with van der Waals surface area (Å²) in [7, 11) is 0. The lowest BCUT2D eigenvalue weighted by Gasteiger charge is -2.27. The highest BCUT2D eigenvalue weighted by Gasteiger charge is 2.33. The number of aromatic hydroxyl groups is 2. The monoisotopic (exact) mass is 284 g/mol. The summed E-state index contributed by atoms with van der Waals surface area (Å²) < 4.78 is 5.70. The molecule has 2 aromatic rings. The van der Waals surface area contributed by atoms with E-state index in [1.807, 2.05) is 30.3 Å². The summed E-state index contributed by atoms with van der Waals surface area (Å²) in [6.07, 6.45) is -0.0758. The minimum atomic E-state index is -0.550. The van der Waals surface area contributed by atoms with E-state index in [0.29, 0.717) is 6.29 Å². The first-order valence-corrected chi connectivity index (χ1v) is 6.40. The summed E-state index contributed by atoms with van der Waals surface area (Å²) >= 11 is 0. The first-order valence-electron chi connectivity index (χ1n) is 6.40. The number of carbonyl (C=O) groups excluding carboxylic acids is 2. The third-order valence-corrected chi connectivity index (χ3v) is 3.48. The molecule has 0 amide bonds. The van der Waals surface area contributed by atoms with Gasteiger partial charge in [0.15, 0.2) is 12.1 Å². The summed E-state index contributed by atoms with van der Waals surface area (Å²) in [4.78, 5) is 23.4. The van der Waals surface area contributed by atoms with E-state index in [0.717, 1.165) is 11.6 Å². The maximum Gasteiger partial charge on any atom is 0.174 e. The highest BCUT2D eigenvalue weighted by Crippen LogP contribution is 2.44. The fourth-order valence-corrected chi connectivity index (χ4v) is 2.46. The van der Waals surface area contributed by atoms with Crippen molar-refractivity contribution in [1.82, 2.24) is 0 Å². The second-order valence-corrected chi connectivity index (χ2v) is 4.79. The minimum Gasteiger partial charge on any atom is -0.507 e. The Morgan fingerprint density at radius 3 is 2.52 bits per heavy atom. The highest BCUT2D eigenvalue weighted by atomic mass is 16.5. The van der Waals surface area contributed by atoms with Crippen LogP contribution in [0.5, 0.6) is 17.2 Å². The van der Waals surface area contributed by atoms with Gasteiger partial charge in [0.2, 0.25) is 0 Å². The van der Waals surface area contributed by atoms with Gasteiger partial charge in [-0.15, -0.1) is 0 Å². The van der Waals surface area contributed by atoms with E-state index in [1.165, 1.54) is 0 Å². The predicted molar refractivity (Wildman–Crippen MR) is 73.9 cm³/mol. The Kier molecular flexibility index (Phi) is 3.10. The fraction of sp³-hybridized carbons (Fsp3) is 0.125. The molecule has 0 aromatic heterocycles. The summed E-state index contributed by atoms with van der Waals surface area (Å²) in [6.45, 7) is 0. The van der Waals surface area contributed by atoms with E-state index >= 15 is 0 Å². The Morgan fingerprint density at radius 1 is 1.14 bits per heavy atom. The molecule has 0 saturated heterocycles. The van der Waals surface area contributed by atoms with E-state index < -0.39 is 11.9 Å². The molecule has 106 valence electrons. The van der Waals surface area contributed by atoms with Crippen molar-refractivity contribution in [2.24, 2.45) is 0 Å². The number of hydrogen-bond donors (Lipinski definition) is 2. The summed E-state index contributed by atoms with van der Waals surface area (Å²) in [6, 6.07) is 10.1. The molecular formula is C16H12O5. The summed E-state index contributed by atoms with van der Waals surface area (Å²) in [5.41, 5.74) is 0.607. The number of fused-ring (bicyclic) bond motifs is 1. The first kappa shape index (κ1) is 13.2. The number of hydrogen-bond acceptors (Lipinski definition) is 5. The quantitative estimate of drug-likeness (QED) is 0.828. The van der Waals surface area contributed by atoms with Gasteiger partial charge in [-0.2, -0.15) is 0 Å². The van der Waals surface area contributed by atoms with E-state index in [-0.39, 0.29) is 34.8 Å². The fourth-order valence-electron chi connectivity index (χ4n) is 2.46. The Labute approximate surface area is 120 Å². The van der Waals surface area contributed by atoms with Crippen molar-refractivity contribution in [3.63, 3.8) is 0 Å². The van der Waals surface area contributed by atoms with Gasteiger partial charge < -0.3 is 14.9 Å². The molecule has 2 aromatic carbocycles. The third-order valence-electron chi connectivity index (χ3n) is 3.48. The summed E-state index contributed by atoms with van der Waals surface area (Å²) in [5, 5.41) is 19.5. The molecule has 21 heavy (non-hydrogen) atoms. The molecule has 0 spiro atoms.